The number of rotatable bonds is 1. The van der Waals surface area contributed by atoms with Crippen LogP contribution in [0.3, 0.4) is 0 Å². The fraction of sp³-hybridized carbons (Fsp3) is 0. The van der Waals surface area contributed by atoms with Crippen LogP contribution >= 0.6 is 0 Å². The summed E-state index contributed by atoms with van der Waals surface area (Å²) in [5.74, 6) is -2.60. The zero-order chi connectivity index (χ0) is 25.7. The van der Waals surface area contributed by atoms with Crippen LogP contribution in [0.1, 0.15) is 0 Å². The van der Waals surface area contributed by atoms with Gasteiger partial charge in [0.25, 0.3) is 0 Å². The molecular weight excluding hydrogens is 492 g/mol. The van der Waals surface area contributed by atoms with Gasteiger partial charge in [-0.1, -0.05) is 36.4 Å². The minimum atomic E-state index is -0.657. The van der Waals surface area contributed by atoms with E-state index in [1.54, 1.807) is 24.3 Å². The second-order valence-electron chi connectivity index (χ2n) is 9.42. The topological polar surface area (TPSA) is 26.3 Å². The molecular formula is C32H14F4O2. The molecule has 38 heavy (non-hydrogen) atoms. The molecule has 6 heteroatoms. The van der Waals surface area contributed by atoms with Crippen LogP contribution in [0.25, 0.3) is 76.5 Å². The average molecular weight is 506 g/mol. The van der Waals surface area contributed by atoms with E-state index in [2.05, 4.69) is 0 Å². The lowest BCUT2D eigenvalue weighted by Gasteiger charge is -2.04. The molecule has 0 radical (unpaired) electrons. The van der Waals surface area contributed by atoms with E-state index < -0.39 is 23.3 Å². The third-order valence-electron chi connectivity index (χ3n) is 7.32. The Labute approximate surface area is 211 Å². The molecule has 0 saturated carbocycles. The maximum Gasteiger partial charge on any atom is 0.143 e. The van der Waals surface area contributed by atoms with Gasteiger partial charge in [-0.2, -0.15) is 0 Å². The van der Waals surface area contributed by atoms with E-state index in [4.69, 9.17) is 8.83 Å². The van der Waals surface area contributed by atoms with E-state index in [1.165, 1.54) is 36.4 Å². The highest BCUT2D eigenvalue weighted by Gasteiger charge is 2.19. The predicted molar refractivity (Wildman–Crippen MR) is 141 cm³/mol. The number of hydrogen-bond donors (Lipinski definition) is 0. The molecule has 2 nitrogen and oxygen atoms in total. The fourth-order valence-electron chi connectivity index (χ4n) is 5.59. The summed E-state index contributed by atoms with van der Waals surface area (Å²) in [7, 11) is 0. The summed E-state index contributed by atoms with van der Waals surface area (Å²) >= 11 is 0. The molecule has 0 aliphatic rings. The van der Waals surface area contributed by atoms with Gasteiger partial charge >= 0.3 is 0 Å². The van der Waals surface area contributed by atoms with Gasteiger partial charge in [-0.15, -0.1) is 0 Å². The summed E-state index contributed by atoms with van der Waals surface area (Å²) in [5, 5.41) is 3.00. The highest BCUT2D eigenvalue weighted by molar-refractivity contribution is 6.17. The highest BCUT2D eigenvalue weighted by atomic mass is 19.1. The normalized spacial score (nSPS) is 12.2. The lowest BCUT2D eigenvalue weighted by molar-refractivity contribution is 0.607. The molecule has 2 aromatic heterocycles. The molecule has 0 bridgehead atoms. The van der Waals surface area contributed by atoms with Crippen molar-refractivity contribution in [3.8, 4) is 11.1 Å². The Hall–Kier alpha value is -4.84. The van der Waals surface area contributed by atoms with Gasteiger partial charge in [0.2, 0.25) is 0 Å². The van der Waals surface area contributed by atoms with Crippen molar-refractivity contribution in [3.05, 3.63) is 108 Å². The van der Waals surface area contributed by atoms with Gasteiger partial charge < -0.3 is 8.83 Å². The van der Waals surface area contributed by atoms with Gasteiger partial charge in [0.1, 0.15) is 45.6 Å². The van der Waals surface area contributed by atoms with E-state index in [0.29, 0.717) is 54.6 Å². The number of benzene rings is 6. The Morgan fingerprint density at radius 2 is 0.842 bits per heavy atom. The van der Waals surface area contributed by atoms with E-state index in [1.807, 2.05) is 24.3 Å². The minimum Gasteiger partial charge on any atom is -0.455 e. The summed E-state index contributed by atoms with van der Waals surface area (Å²) in [5.41, 5.74) is 3.57. The average Bonchev–Trinajstić information content (AvgIpc) is 3.46. The Balaban J connectivity index is 1.37. The SMILES string of the molecule is Fc1cccc2c1c(F)cc1c3cc(-c4ccc5oc6c7cccc(F)c7c(F)cc6c5c4)ccc3oc21. The summed E-state index contributed by atoms with van der Waals surface area (Å²) in [6.07, 6.45) is 0. The number of halogens is 4. The van der Waals surface area contributed by atoms with E-state index in [-0.39, 0.29) is 10.8 Å². The van der Waals surface area contributed by atoms with Crippen molar-refractivity contribution < 1.29 is 26.4 Å². The molecule has 0 N–H and O–H groups in total. The molecule has 0 aliphatic carbocycles. The summed E-state index contributed by atoms with van der Waals surface area (Å²) < 4.78 is 70.5. The summed E-state index contributed by atoms with van der Waals surface area (Å²) in [6, 6.07) is 22.5. The molecule has 8 rings (SSSR count). The first-order valence-electron chi connectivity index (χ1n) is 11.9. The number of hydrogen-bond acceptors (Lipinski definition) is 2. The first-order valence-corrected chi connectivity index (χ1v) is 11.9. The molecule has 0 unspecified atom stereocenters. The van der Waals surface area contributed by atoms with Crippen LogP contribution in [0.2, 0.25) is 0 Å². The van der Waals surface area contributed by atoms with Crippen molar-refractivity contribution in [1.82, 2.24) is 0 Å². The second-order valence-corrected chi connectivity index (χ2v) is 9.42. The van der Waals surface area contributed by atoms with Gasteiger partial charge in [0.15, 0.2) is 0 Å². The number of furan rings is 2. The van der Waals surface area contributed by atoms with E-state index in [0.717, 1.165) is 11.1 Å². The Kier molecular flexibility index (Phi) is 4.12. The van der Waals surface area contributed by atoms with Crippen LogP contribution in [0.5, 0.6) is 0 Å². The quantitative estimate of drug-likeness (QED) is 0.207. The Morgan fingerprint density at radius 1 is 0.395 bits per heavy atom. The van der Waals surface area contributed by atoms with Gasteiger partial charge in [-0.3, -0.25) is 0 Å². The maximum absolute atomic E-state index is 14.9. The largest absolute Gasteiger partial charge is 0.455 e. The van der Waals surface area contributed by atoms with Crippen LogP contribution < -0.4 is 0 Å². The lowest BCUT2D eigenvalue weighted by Crippen LogP contribution is -1.85. The summed E-state index contributed by atoms with van der Waals surface area (Å²) in [6.45, 7) is 0. The van der Waals surface area contributed by atoms with Crippen molar-refractivity contribution in [2.75, 3.05) is 0 Å². The Bertz CT molecular complexity index is 2130. The molecule has 0 spiro atoms. The first kappa shape index (κ1) is 21.3. The third kappa shape index (κ3) is 2.77. The molecule has 0 saturated heterocycles. The van der Waals surface area contributed by atoms with Crippen LogP contribution in [0.15, 0.2) is 93.8 Å². The third-order valence-corrected chi connectivity index (χ3v) is 7.32. The van der Waals surface area contributed by atoms with Gasteiger partial charge in [-0.05, 0) is 59.7 Å². The van der Waals surface area contributed by atoms with Crippen LogP contribution in [0.4, 0.5) is 17.6 Å². The molecule has 6 aromatic carbocycles. The predicted octanol–water partition coefficient (Wildman–Crippen LogP) is 10.0. The molecule has 182 valence electrons. The summed E-state index contributed by atoms with van der Waals surface area (Å²) in [4.78, 5) is 0. The molecule has 0 atom stereocenters. The van der Waals surface area contributed by atoms with E-state index >= 15 is 0 Å². The fourth-order valence-corrected chi connectivity index (χ4v) is 5.59. The van der Waals surface area contributed by atoms with Crippen molar-refractivity contribution >= 4 is 65.4 Å². The molecule has 2 heterocycles. The minimum absolute atomic E-state index is 0.101. The second kappa shape index (κ2) is 7.35. The smallest absolute Gasteiger partial charge is 0.143 e. The van der Waals surface area contributed by atoms with Crippen molar-refractivity contribution in [1.29, 1.82) is 0 Å². The van der Waals surface area contributed by atoms with Crippen LogP contribution in [-0.2, 0) is 0 Å². The van der Waals surface area contributed by atoms with Crippen molar-refractivity contribution in [2.45, 2.75) is 0 Å². The monoisotopic (exact) mass is 506 g/mol. The number of fused-ring (bicyclic) bond motifs is 10. The van der Waals surface area contributed by atoms with E-state index in [9.17, 15) is 17.6 Å². The Morgan fingerprint density at radius 3 is 1.29 bits per heavy atom. The lowest BCUT2D eigenvalue weighted by atomic mass is 9.99. The van der Waals surface area contributed by atoms with Gasteiger partial charge in [0.05, 0.1) is 10.8 Å². The van der Waals surface area contributed by atoms with Crippen molar-refractivity contribution in [2.24, 2.45) is 0 Å². The zero-order valence-electron chi connectivity index (χ0n) is 19.4. The van der Waals surface area contributed by atoms with Crippen molar-refractivity contribution in [3.63, 3.8) is 0 Å². The standard InChI is InChI=1S/C32H14F4O2/c33-23-5-1-3-17-29(23)25(35)13-21-19-11-15(7-9-27(19)37-31(17)21)16-8-10-28-20(12-16)22-14-26(36)30-18(32(22)38-28)4-2-6-24(30)34/h1-14H. The maximum atomic E-state index is 14.9. The molecule has 0 aliphatic heterocycles. The molecule has 0 fully saturated rings. The van der Waals surface area contributed by atoms with Crippen LogP contribution in [0, 0.1) is 23.3 Å². The highest BCUT2D eigenvalue weighted by Crippen LogP contribution is 2.40. The van der Waals surface area contributed by atoms with Gasteiger partial charge in [0, 0.05) is 32.3 Å². The van der Waals surface area contributed by atoms with Crippen LogP contribution in [-0.4, -0.2) is 0 Å². The first-order chi connectivity index (χ1) is 18.5. The zero-order valence-corrected chi connectivity index (χ0v) is 19.4. The molecule has 8 aromatic rings. The molecule has 0 amide bonds. The van der Waals surface area contributed by atoms with Gasteiger partial charge in [-0.25, -0.2) is 17.6 Å².